The molecule has 1 aromatic carbocycles. The number of nitrogens with one attached hydrogen (secondary N) is 2. The maximum Gasteiger partial charge on any atom is 0.253 e. The van der Waals surface area contributed by atoms with Crippen molar-refractivity contribution in [3.63, 3.8) is 0 Å². The lowest BCUT2D eigenvalue weighted by Crippen LogP contribution is -2.48. The molecule has 5 heteroatoms. The van der Waals surface area contributed by atoms with E-state index in [0.29, 0.717) is 5.56 Å². The molecule has 0 bridgehead atoms. The first-order chi connectivity index (χ1) is 9.55. The molecule has 0 aliphatic carbocycles. The second kappa shape index (κ2) is 5.71. The minimum atomic E-state index is -0.658. The normalized spacial score (nSPS) is 13.5. The summed E-state index contributed by atoms with van der Waals surface area (Å²) >= 11 is 0. The van der Waals surface area contributed by atoms with Gasteiger partial charge in [0.15, 0.2) is 0 Å². The topological polar surface area (TPSA) is 88.0 Å². The van der Waals surface area contributed by atoms with Crippen molar-refractivity contribution in [3.05, 3.63) is 70.1 Å². The van der Waals surface area contributed by atoms with Crippen molar-refractivity contribution in [2.75, 3.05) is 6.54 Å². The van der Waals surface area contributed by atoms with E-state index in [9.17, 15) is 9.59 Å². The Morgan fingerprint density at radius 2 is 1.95 bits per heavy atom. The van der Waals surface area contributed by atoms with E-state index in [0.717, 1.165) is 5.56 Å². The van der Waals surface area contributed by atoms with Crippen LogP contribution in [0.5, 0.6) is 0 Å². The Morgan fingerprint density at radius 1 is 1.25 bits per heavy atom. The first kappa shape index (κ1) is 14.0. The molecular formula is C15H17N3O2. The molecule has 1 unspecified atom stereocenters. The fourth-order valence-corrected chi connectivity index (χ4v) is 1.92. The van der Waals surface area contributed by atoms with Gasteiger partial charge in [0.1, 0.15) is 0 Å². The Labute approximate surface area is 116 Å². The Kier molecular flexibility index (Phi) is 4.00. The number of carbonyl (C=O) groups excluding carboxylic acids is 1. The molecule has 0 aliphatic rings. The quantitative estimate of drug-likeness (QED) is 0.774. The van der Waals surface area contributed by atoms with Crippen molar-refractivity contribution in [3.8, 4) is 0 Å². The van der Waals surface area contributed by atoms with Crippen LogP contribution < -0.4 is 16.6 Å². The van der Waals surface area contributed by atoms with Gasteiger partial charge in [-0.3, -0.25) is 9.59 Å². The van der Waals surface area contributed by atoms with E-state index in [2.05, 4.69) is 10.3 Å². The molecule has 2 rings (SSSR count). The van der Waals surface area contributed by atoms with Crippen LogP contribution in [0.15, 0.2) is 53.5 Å². The number of carbonyl (C=O) groups is 1. The molecular weight excluding hydrogens is 254 g/mol. The van der Waals surface area contributed by atoms with Gasteiger partial charge in [-0.15, -0.1) is 0 Å². The third kappa shape index (κ3) is 2.95. The zero-order valence-corrected chi connectivity index (χ0v) is 11.2. The van der Waals surface area contributed by atoms with Gasteiger partial charge in [0, 0.05) is 18.8 Å². The average Bonchev–Trinajstić information content (AvgIpc) is 2.48. The third-order valence-electron chi connectivity index (χ3n) is 3.25. The molecule has 0 fully saturated rings. The summed E-state index contributed by atoms with van der Waals surface area (Å²) in [5.41, 5.74) is 6.23. The van der Waals surface area contributed by atoms with Gasteiger partial charge < -0.3 is 16.0 Å². The second-order valence-corrected chi connectivity index (χ2v) is 4.80. The summed E-state index contributed by atoms with van der Waals surface area (Å²) < 4.78 is 0. The zero-order valence-electron chi connectivity index (χ0n) is 11.2. The number of rotatable bonds is 4. The molecule has 104 valence electrons. The Hall–Kier alpha value is -2.40. The van der Waals surface area contributed by atoms with E-state index >= 15 is 0 Å². The van der Waals surface area contributed by atoms with E-state index < -0.39 is 5.54 Å². The predicted molar refractivity (Wildman–Crippen MR) is 77.4 cm³/mol. The lowest BCUT2D eigenvalue weighted by atomic mass is 9.92. The molecule has 1 aromatic heterocycles. The van der Waals surface area contributed by atoms with Crippen molar-refractivity contribution in [1.29, 1.82) is 0 Å². The largest absolute Gasteiger partial charge is 0.341 e. The van der Waals surface area contributed by atoms with Gasteiger partial charge >= 0.3 is 0 Å². The number of hydrogen-bond acceptors (Lipinski definition) is 3. The molecule has 0 aliphatic heterocycles. The van der Waals surface area contributed by atoms with Crippen molar-refractivity contribution in [2.24, 2.45) is 5.73 Å². The van der Waals surface area contributed by atoms with Gasteiger partial charge in [0.2, 0.25) is 5.56 Å². The van der Waals surface area contributed by atoms with Crippen molar-refractivity contribution in [1.82, 2.24) is 10.3 Å². The average molecular weight is 271 g/mol. The number of benzene rings is 1. The molecule has 1 atom stereocenters. The van der Waals surface area contributed by atoms with Crippen LogP contribution in [0.4, 0.5) is 0 Å². The molecule has 1 amide bonds. The number of amides is 1. The summed E-state index contributed by atoms with van der Waals surface area (Å²) in [6, 6.07) is 12.3. The molecule has 0 spiro atoms. The molecule has 5 nitrogen and oxygen atoms in total. The summed E-state index contributed by atoms with van der Waals surface area (Å²) in [6.07, 6.45) is 1.39. The van der Waals surface area contributed by atoms with Crippen molar-refractivity contribution in [2.45, 2.75) is 12.5 Å². The molecule has 4 N–H and O–H groups in total. The van der Waals surface area contributed by atoms with Crippen LogP contribution in [0.25, 0.3) is 0 Å². The van der Waals surface area contributed by atoms with Gasteiger partial charge in [0.25, 0.3) is 5.91 Å². The monoisotopic (exact) mass is 271 g/mol. The third-order valence-corrected chi connectivity index (χ3v) is 3.25. The predicted octanol–water partition coefficient (Wildman–Crippen LogP) is 0.979. The number of aromatic nitrogens is 1. The minimum Gasteiger partial charge on any atom is -0.341 e. The maximum atomic E-state index is 12.2. The van der Waals surface area contributed by atoms with Gasteiger partial charge in [-0.1, -0.05) is 30.3 Å². The summed E-state index contributed by atoms with van der Waals surface area (Å²) in [5, 5.41) is 2.91. The van der Waals surface area contributed by atoms with Crippen LogP contribution in [0, 0.1) is 0 Å². The SMILES string of the molecule is CC(CN)(NC(=O)c1ccc(=O)[nH]c1)c1ccccc1. The summed E-state index contributed by atoms with van der Waals surface area (Å²) in [4.78, 5) is 25.7. The first-order valence-electron chi connectivity index (χ1n) is 6.32. The van der Waals surface area contributed by atoms with Crippen molar-refractivity contribution < 1.29 is 4.79 Å². The first-order valence-corrected chi connectivity index (χ1v) is 6.32. The number of nitrogens with two attached hydrogens (primary N) is 1. The number of aromatic amines is 1. The number of H-pyrrole nitrogens is 1. The Morgan fingerprint density at radius 3 is 2.50 bits per heavy atom. The second-order valence-electron chi connectivity index (χ2n) is 4.80. The minimum absolute atomic E-state index is 0.244. The highest BCUT2D eigenvalue weighted by molar-refractivity contribution is 5.94. The number of pyridine rings is 1. The summed E-state index contributed by atoms with van der Waals surface area (Å²) in [7, 11) is 0. The number of hydrogen-bond donors (Lipinski definition) is 3. The van der Waals surface area contributed by atoms with Gasteiger partial charge in [0.05, 0.1) is 11.1 Å². The van der Waals surface area contributed by atoms with E-state index in [4.69, 9.17) is 5.73 Å². The highest BCUT2D eigenvalue weighted by Crippen LogP contribution is 2.19. The molecule has 0 saturated heterocycles. The van der Waals surface area contributed by atoms with Crippen LogP contribution in [0.2, 0.25) is 0 Å². The lowest BCUT2D eigenvalue weighted by molar-refractivity contribution is 0.0907. The van der Waals surface area contributed by atoms with Crippen molar-refractivity contribution >= 4 is 5.91 Å². The Balaban J connectivity index is 2.24. The maximum absolute atomic E-state index is 12.2. The Bertz CT molecular complexity index is 631. The molecule has 0 radical (unpaired) electrons. The van der Waals surface area contributed by atoms with Gasteiger partial charge in [-0.05, 0) is 18.6 Å². The van der Waals surface area contributed by atoms with Crippen LogP contribution in [-0.4, -0.2) is 17.4 Å². The lowest BCUT2D eigenvalue weighted by Gasteiger charge is -2.30. The van der Waals surface area contributed by atoms with Gasteiger partial charge in [-0.25, -0.2) is 0 Å². The van der Waals surface area contributed by atoms with E-state index in [-0.39, 0.29) is 18.0 Å². The fourth-order valence-electron chi connectivity index (χ4n) is 1.92. The van der Waals surface area contributed by atoms with Crippen LogP contribution >= 0.6 is 0 Å². The van der Waals surface area contributed by atoms with E-state index in [1.807, 2.05) is 37.3 Å². The fraction of sp³-hybridized carbons (Fsp3) is 0.200. The molecule has 2 aromatic rings. The summed E-state index contributed by atoms with van der Waals surface area (Å²) in [5.74, 6) is -0.280. The molecule has 20 heavy (non-hydrogen) atoms. The van der Waals surface area contributed by atoms with Crippen LogP contribution in [0.3, 0.4) is 0 Å². The van der Waals surface area contributed by atoms with Crippen LogP contribution in [-0.2, 0) is 5.54 Å². The van der Waals surface area contributed by atoms with E-state index in [1.165, 1.54) is 18.3 Å². The molecule has 1 heterocycles. The summed E-state index contributed by atoms with van der Waals surface area (Å²) in [6.45, 7) is 2.14. The standard InChI is InChI=1S/C15H17N3O2/c1-15(10-16,12-5-3-2-4-6-12)18-14(20)11-7-8-13(19)17-9-11/h2-9H,10,16H2,1H3,(H,17,19)(H,18,20). The zero-order chi connectivity index (χ0) is 14.6. The smallest absolute Gasteiger partial charge is 0.253 e. The molecule has 0 saturated carbocycles. The highest BCUT2D eigenvalue weighted by Gasteiger charge is 2.27. The van der Waals surface area contributed by atoms with E-state index in [1.54, 1.807) is 0 Å². The van der Waals surface area contributed by atoms with Gasteiger partial charge in [-0.2, -0.15) is 0 Å². The highest BCUT2D eigenvalue weighted by atomic mass is 16.2. The van der Waals surface area contributed by atoms with Crippen LogP contribution in [0.1, 0.15) is 22.8 Å².